The van der Waals surface area contributed by atoms with Crippen molar-refractivity contribution in [3.8, 4) is 0 Å². The third kappa shape index (κ3) is 5.10. The maximum Gasteiger partial charge on any atom is 0.416 e. The van der Waals surface area contributed by atoms with Crippen LogP contribution in [0, 0.1) is 0 Å². The highest BCUT2D eigenvalue weighted by atomic mass is 32.2. The van der Waals surface area contributed by atoms with E-state index in [9.17, 15) is 18.0 Å². The number of aromatic nitrogens is 2. The number of halogens is 3. The standard InChI is InChI=1S/C20H20F3N3O2S/c1-13(18(27)24-15-9-7-14(8-10-15)20(21,22)23)29-19-25-16-5-3-4-6-17(16)26(19)11-12-28-2/h3-10,13H,11-12H2,1-2H3,(H,24,27). The SMILES string of the molecule is COCCn1c(SC(C)C(=O)Nc2ccc(C(F)(F)F)cc2)nc2ccccc21. The van der Waals surface area contributed by atoms with E-state index in [0.717, 1.165) is 23.2 Å². The molecule has 1 atom stereocenters. The van der Waals surface area contributed by atoms with Crippen LogP contribution in [0.3, 0.4) is 0 Å². The number of hydrogen-bond acceptors (Lipinski definition) is 4. The third-order valence-electron chi connectivity index (χ3n) is 4.27. The summed E-state index contributed by atoms with van der Waals surface area (Å²) in [4.78, 5) is 17.1. The number of amides is 1. The average molecular weight is 423 g/mol. The van der Waals surface area contributed by atoms with E-state index >= 15 is 0 Å². The molecule has 9 heteroatoms. The molecular weight excluding hydrogens is 403 g/mol. The van der Waals surface area contributed by atoms with Crippen LogP contribution < -0.4 is 5.32 Å². The average Bonchev–Trinajstić information content (AvgIpc) is 3.03. The lowest BCUT2D eigenvalue weighted by atomic mass is 10.2. The Balaban J connectivity index is 1.72. The number of hydrogen-bond donors (Lipinski definition) is 1. The fraction of sp³-hybridized carbons (Fsp3) is 0.300. The zero-order valence-corrected chi connectivity index (χ0v) is 16.7. The van der Waals surface area contributed by atoms with Crippen LogP contribution in [0.2, 0.25) is 0 Å². The number of nitrogens with one attached hydrogen (secondary N) is 1. The lowest BCUT2D eigenvalue weighted by Crippen LogP contribution is -2.23. The van der Waals surface area contributed by atoms with Gasteiger partial charge in [0.25, 0.3) is 0 Å². The second-order valence-electron chi connectivity index (χ2n) is 6.35. The number of imidazole rings is 1. The van der Waals surface area contributed by atoms with Gasteiger partial charge >= 0.3 is 6.18 Å². The predicted octanol–water partition coefficient (Wildman–Crippen LogP) is 4.82. The van der Waals surface area contributed by atoms with Crippen LogP contribution in [0.1, 0.15) is 12.5 Å². The van der Waals surface area contributed by atoms with Crippen molar-refractivity contribution in [2.75, 3.05) is 19.0 Å². The zero-order chi connectivity index (χ0) is 21.0. The van der Waals surface area contributed by atoms with Crippen LogP contribution in [-0.2, 0) is 22.3 Å². The van der Waals surface area contributed by atoms with E-state index in [2.05, 4.69) is 10.3 Å². The van der Waals surface area contributed by atoms with Crippen molar-refractivity contribution in [2.24, 2.45) is 0 Å². The summed E-state index contributed by atoms with van der Waals surface area (Å²) in [5, 5.41) is 2.82. The fourth-order valence-electron chi connectivity index (χ4n) is 2.74. The highest BCUT2D eigenvalue weighted by Gasteiger charge is 2.30. The first-order valence-corrected chi connectivity index (χ1v) is 9.76. The Morgan fingerprint density at radius 1 is 1.21 bits per heavy atom. The van der Waals surface area contributed by atoms with Crippen molar-refractivity contribution in [2.45, 2.75) is 30.1 Å². The first-order valence-electron chi connectivity index (χ1n) is 8.88. The highest BCUT2D eigenvalue weighted by Crippen LogP contribution is 2.31. The number of methoxy groups -OCH3 is 1. The predicted molar refractivity (Wildman–Crippen MR) is 107 cm³/mol. The van der Waals surface area contributed by atoms with Crippen molar-refractivity contribution in [3.63, 3.8) is 0 Å². The molecule has 0 spiro atoms. The topological polar surface area (TPSA) is 56.1 Å². The van der Waals surface area contributed by atoms with Gasteiger partial charge in [0.2, 0.25) is 5.91 Å². The van der Waals surface area contributed by atoms with Gasteiger partial charge in [0.1, 0.15) is 0 Å². The summed E-state index contributed by atoms with van der Waals surface area (Å²) in [6.45, 7) is 2.82. The molecule has 0 aliphatic heterocycles. The van der Waals surface area contributed by atoms with Crippen LogP contribution in [0.25, 0.3) is 11.0 Å². The normalized spacial score (nSPS) is 12.9. The number of carbonyl (C=O) groups is 1. The fourth-order valence-corrected chi connectivity index (χ4v) is 3.69. The number of rotatable bonds is 7. The summed E-state index contributed by atoms with van der Waals surface area (Å²) < 4.78 is 45.1. The summed E-state index contributed by atoms with van der Waals surface area (Å²) in [5.74, 6) is -0.319. The molecule has 1 heterocycles. The first-order chi connectivity index (χ1) is 13.8. The number of para-hydroxylation sites is 2. The second-order valence-corrected chi connectivity index (χ2v) is 7.66. The van der Waals surface area contributed by atoms with Gasteiger partial charge in [-0.25, -0.2) is 4.98 Å². The lowest BCUT2D eigenvalue weighted by Gasteiger charge is -2.14. The number of alkyl halides is 3. The molecule has 154 valence electrons. The molecule has 0 fully saturated rings. The minimum absolute atomic E-state index is 0.309. The maximum atomic E-state index is 12.7. The Bertz CT molecular complexity index is 987. The van der Waals surface area contributed by atoms with Gasteiger partial charge in [-0.15, -0.1) is 0 Å². The number of ether oxygens (including phenoxy) is 1. The van der Waals surface area contributed by atoms with Crippen LogP contribution in [0.15, 0.2) is 53.7 Å². The van der Waals surface area contributed by atoms with Crippen molar-refractivity contribution in [1.82, 2.24) is 9.55 Å². The molecule has 0 bridgehead atoms. The van der Waals surface area contributed by atoms with Crippen molar-refractivity contribution in [1.29, 1.82) is 0 Å². The third-order valence-corrected chi connectivity index (χ3v) is 5.36. The number of benzene rings is 2. The van der Waals surface area contributed by atoms with E-state index in [1.807, 2.05) is 28.8 Å². The molecule has 3 aromatic rings. The largest absolute Gasteiger partial charge is 0.416 e. The van der Waals surface area contributed by atoms with Gasteiger partial charge in [0, 0.05) is 19.3 Å². The van der Waals surface area contributed by atoms with Crippen molar-refractivity contribution < 1.29 is 22.7 Å². The Labute approximate surface area is 170 Å². The molecule has 0 radical (unpaired) electrons. The van der Waals surface area contributed by atoms with Crippen molar-refractivity contribution >= 4 is 34.4 Å². The summed E-state index contributed by atoms with van der Waals surface area (Å²) in [5.41, 5.74) is 1.32. The summed E-state index contributed by atoms with van der Waals surface area (Å²) in [6, 6.07) is 12.0. The van der Waals surface area contributed by atoms with Gasteiger partial charge in [0.15, 0.2) is 5.16 Å². The monoisotopic (exact) mass is 423 g/mol. The molecule has 5 nitrogen and oxygen atoms in total. The van der Waals surface area contributed by atoms with E-state index < -0.39 is 17.0 Å². The molecule has 0 saturated carbocycles. The summed E-state index contributed by atoms with van der Waals surface area (Å²) in [6.07, 6.45) is -4.41. The Morgan fingerprint density at radius 2 is 1.90 bits per heavy atom. The van der Waals surface area contributed by atoms with Gasteiger partial charge in [0.05, 0.1) is 28.5 Å². The van der Waals surface area contributed by atoms with Gasteiger partial charge in [-0.1, -0.05) is 23.9 Å². The number of carbonyl (C=O) groups excluding carboxylic acids is 1. The number of fused-ring (bicyclic) bond motifs is 1. The van der Waals surface area contributed by atoms with Crippen LogP contribution >= 0.6 is 11.8 Å². The Kier molecular flexibility index (Phi) is 6.49. The molecule has 29 heavy (non-hydrogen) atoms. The van der Waals surface area contributed by atoms with Crippen LogP contribution in [-0.4, -0.2) is 34.4 Å². The molecule has 0 saturated heterocycles. The number of nitrogens with zero attached hydrogens (tertiary/aromatic N) is 2. The Hall–Kier alpha value is -2.52. The van der Waals surface area contributed by atoms with Crippen LogP contribution in [0.4, 0.5) is 18.9 Å². The Morgan fingerprint density at radius 3 is 2.55 bits per heavy atom. The van der Waals surface area contributed by atoms with Crippen LogP contribution in [0.5, 0.6) is 0 Å². The van der Waals surface area contributed by atoms with Gasteiger partial charge in [-0.3, -0.25) is 4.79 Å². The van der Waals surface area contributed by atoms with Gasteiger partial charge in [-0.2, -0.15) is 13.2 Å². The minimum Gasteiger partial charge on any atom is -0.383 e. The molecule has 1 N–H and O–H groups in total. The maximum absolute atomic E-state index is 12.7. The van der Waals surface area contributed by atoms with E-state index in [0.29, 0.717) is 24.0 Å². The van der Waals surface area contributed by atoms with E-state index in [1.54, 1.807) is 14.0 Å². The zero-order valence-electron chi connectivity index (χ0n) is 15.9. The molecule has 0 aliphatic rings. The van der Waals surface area contributed by atoms with Gasteiger partial charge in [-0.05, 0) is 43.3 Å². The number of thioether (sulfide) groups is 1. The summed E-state index contributed by atoms with van der Waals surface area (Å²) >= 11 is 1.29. The van der Waals surface area contributed by atoms with E-state index in [1.165, 1.54) is 23.9 Å². The highest BCUT2D eigenvalue weighted by molar-refractivity contribution is 8.00. The van der Waals surface area contributed by atoms with Crippen molar-refractivity contribution in [3.05, 3.63) is 54.1 Å². The molecule has 2 aromatic carbocycles. The van der Waals surface area contributed by atoms with E-state index in [-0.39, 0.29) is 5.91 Å². The van der Waals surface area contributed by atoms with Gasteiger partial charge < -0.3 is 14.6 Å². The second kappa shape index (κ2) is 8.87. The smallest absolute Gasteiger partial charge is 0.383 e. The molecule has 1 aromatic heterocycles. The molecule has 1 unspecified atom stereocenters. The molecule has 3 rings (SSSR count). The quantitative estimate of drug-likeness (QED) is 0.554. The first kappa shape index (κ1) is 21.2. The summed E-state index contributed by atoms with van der Waals surface area (Å²) in [7, 11) is 1.62. The molecular formula is C20H20F3N3O2S. The number of anilines is 1. The van der Waals surface area contributed by atoms with E-state index in [4.69, 9.17) is 4.74 Å². The minimum atomic E-state index is -4.41. The molecule has 0 aliphatic carbocycles. The lowest BCUT2D eigenvalue weighted by molar-refractivity contribution is -0.137. The molecule has 1 amide bonds.